The first-order valence-electron chi connectivity index (χ1n) is 6.47. The summed E-state index contributed by atoms with van der Waals surface area (Å²) >= 11 is 0. The molecule has 0 aliphatic carbocycles. The maximum atomic E-state index is 8.76. The monoisotopic (exact) mass is 252 g/mol. The van der Waals surface area contributed by atoms with Crippen LogP contribution in [0.25, 0.3) is 0 Å². The van der Waals surface area contributed by atoms with E-state index in [9.17, 15) is 0 Å². The number of rotatable bonds is 3. The van der Waals surface area contributed by atoms with Gasteiger partial charge in [0.2, 0.25) is 0 Å². The van der Waals surface area contributed by atoms with E-state index in [2.05, 4.69) is 33.9 Å². The van der Waals surface area contributed by atoms with Crippen molar-refractivity contribution in [3.8, 4) is 6.07 Å². The molecule has 2 aromatic rings. The quantitative estimate of drug-likeness (QED) is 0.840. The number of nitrogens with zero attached hydrogens (tertiary/aromatic N) is 4. The zero-order valence-corrected chi connectivity index (χ0v) is 11.0. The molecule has 1 aromatic carbocycles. The minimum absolute atomic E-state index is 0.507. The lowest BCUT2D eigenvalue weighted by atomic mass is 10.1. The van der Waals surface area contributed by atoms with Crippen LogP contribution < -0.4 is 0 Å². The maximum Gasteiger partial charge on any atom is 0.0991 e. The topological polar surface area (TPSA) is 44.9 Å². The van der Waals surface area contributed by atoms with Gasteiger partial charge in [0.05, 0.1) is 23.9 Å². The number of hydrogen-bond acceptors (Lipinski definition) is 3. The average molecular weight is 252 g/mol. The molecule has 4 heteroatoms. The van der Waals surface area contributed by atoms with E-state index in [-0.39, 0.29) is 0 Å². The third kappa shape index (κ3) is 2.51. The average Bonchev–Trinajstić information content (AvgIpc) is 2.80. The Morgan fingerprint density at radius 2 is 2.05 bits per heavy atom. The number of aromatic nitrogens is 2. The Bertz CT molecular complexity index is 600. The Balaban J connectivity index is 1.55. The number of hydrogen-bond donors (Lipinski definition) is 0. The maximum absolute atomic E-state index is 8.76. The molecule has 0 atom stereocenters. The molecule has 0 spiro atoms. The van der Waals surface area contributed by atoms with Gasteiger partial charge in [-0.15, -0.1) is 0 Å². The lowest BCUT2D eigenvalue weighted by molar-refractivity contribution is 0.0909. The summed E-state index contributed by atoms with van der Waals surface area (Å²) in [7, 11) is 0. The molecule has 0 saturated carbocycles. The van der Waals surface area contributed by atoms with Crippen LogP contribution in [-0.4, -0.2) is 27.8 Å². The van der Waals surface area contributed by atoms with Crippen LogP contribution in [0.15, 0.2) is 36.7 Å². The Kier molecular flexibility index (Phi) is 3.06. The molecule has 1 fully saturated rings. The van der Waals surface area contributed by atoms with Gasteiger partial charge in [-0.1, -0.05) is 12.1 Å². The normalized spacial score (nSPS) is 16.0. The molecule has 3 rings (SSSR count). The first-order valence-corrected chi connectivity index (χ1v) is 6.47. The van der Waals surface area contributed by atoms with Crippen LogP contribution in [0.4, 0.5) is 0 Å². The van der Waals surface area contributed by atoms with Gasteiger partial charge in [-0.2, -0.15) is 10.4 Å². The van der Waals surface area contributed by atoms with E-state index in [4.69, 9.17) is 5.26 Å². The molecular weight excluding hydrogens is 236 g/mol. The molecule has 0 N–H and O–H groups in total. The summed E-state index contributed by atoms with van der Waals surface area (Å²) in [6, 6.07) is 10.5. The van der Waals surface area contributed by atoms with Crippen molar-refractivity contribution in [3.63, 3.8) is 0 Å². The molecule has 4 nitrogen and oxygen atoms in total. The standard InChI is InChI=1S/C15H16N4/c1-12-7-17-19(8-12)15-10-18(11-15)9-14-4-2-13(6-16)3-5-14/h2-5,7-8,15H,9-11H2,1H3. The van der Waals surface area contributed by atoms with Crippen molar-refractivity contribution in [2.45, 2.75) is 19.5 Å². The molecule has 1 aromatic heterocycles. The lowest BCUT2D eigenvalue weighted by Gasteiger charge is -2.39. The summed E-state index contributed by atoms with van der Waals surface area (Å²) in [6.07, 6.45) is 4.01. The van der Waals surface area contributed by atoms with E-state index in [0.29, 0.717) is 6.04 Å². The second kappa shape index (κ2) is 4.87. The second-order valence-electron chi connectivity index (χ2n) is 5.15. The molecule has 0 unspecified atom stereocenters. The van der Waals surface area contributed by atoms with Gasteiger partial charge in [-0.05, 0) is 30.2 Å². The third-order valence-corrected chi connectivity index (χ3v) is 3.53. The van der Waals surface area contributed by atoms with Crippen LogP contribution in [0.1, 0.15) is 22.7 Å². The highest BCUT2D eigenvalue weighted by atomic mass is 15.4. The van der Waals surface area contributed by atoms with Gasteiger partial charge in [-0.25, -0.2) is 0 Å². The predicted octanol–water partition coefficient (Wildman–Crippen LogP) is 2.12. The Morgan fingerprint density at radius 3 is 2.63 bits per heavy atom. The molecule has 1 saturated heterocycles. The molecular formula is C15H16N4. The summed E-state index contributed by atoms with van der Waals surface area (Å²) in [6.45, 7) is 5.10. The molecule has 1 aliphatic rings. The predicted molar refractivity (Wildman–Crippen MR) is 72.4 cm³/mol. The van der Waals surface area contributed by atoms with Crippen molar-refractivity contribution in [1.29, 1.82) is 5.26 Å². The molecule has 0 radical (unpaired) electrons. The van der Waals surface area contributed by atoms with Crippen molar-refractivity contribution >= 4 is 0 Å². The highest BCUT2D eigenvalue weighted by Crippen LogP contribution is 2.22. The highest BCUT2D eigenvalue weighted by Gasteiger charge is 2.28. The lowest BCUT2D eigenvalue weighted by Crippen LogP contribution is -2.47. The van der Waals surface area contributed by atoms with Crippen LogP contribution in [0, 0.1) is 18.3 Å². The van der Waals surface area contributed by atoms with E-state index in [1.165, 1.54) is 11.1 Å². The van der Waals surface area contributed by atoms with Crippen LogP contribution >= 0.6 is 0 Å². The van der Waals surface area contributed by atoms with Gasteiger partial charge in [-0.3, -0.25) is 9.58 Å². The van der Waals surface area contributed by atoms with Gasteiger partial charge in [0.15, 0.2) is 0 Å². The number of benzene rings is 1. The SMILES string of the molecule is Cc1cnn(C2CN(Cc3ccc(C#N)cc3)C2)c1. The van der Waals surface area contributed by atoms with Crippen molar-refractivity contribution in [1.82, 2.24) is 14.7 Å². The zero-order valence-electron chi connectivity index (χ0n) is 11.0. The van der Waals surface area contributed by atoms with Crippen LogP contribution in [-0.2, 0) is 6.54 Å². The van der Waals surface area contributed by atoms with Crippen LogP contribution in [0.2, 0.25) is 0 Å². The van der Waals surface area contributed by atoms with Crippen molar-refractivity contribution in [2.24, 2.45) is 0 Å². The van der Waals surface area contributed by atoms with E-state index in [1.807, 2.05) is 30.5 Å². The number of aryl methyl sites for hydroxylation is 1. The molecule has 0 amide bonds. The largest absolute Gasteiger partial charge is 0.295 e. The number of nitriles is 1. The van der Waals surface area contributed by atoms with E-state index >= 15 is 0 Å². The van der Waals surface area contributed by atoms with Crippen molar-refractivity contribution in [2.75, 3.05) is 13.1 Å². The molecule has 2 heterocycles. The summed E-state index contributed by atoms with van der Waals surface area (Å²) in [5.41, 5.74) is 3.19. The Hall–Kier alpha value is -2.12. The fourth-order valence-electron chi connectivity index (χ4n) is 2.41. The van der Waals surface area contributed by atoms with E-state index < -0.39 is 0 Å². The smallest absolute Gasteiger partial charge is 0.0991 e. The van der Waals surface area contributed by atoms with Gasteiger partial charge in [0, 0.05) is 25.8 Å². The molecule has 96 valence electrons. The molecule has 0 bridgehead atoms. The third-order valence-electron chi connectivity index (χ3n) is 3.53. The van der Waals surface area contributed by atoms with Crippen molar-refractivity contribution < 1.29 is 0 Å². The first-order chi connectivity index (χ1) is 9.24. The van der Waals surface area contributed by atoms with E-state index in [0.717, 1.165) is 25.2 Å². The van der Waals surface area contributed by atoms with Gasteiger partial charge in [0.25, 0.3) is 0 Å². The Labute approximate surface area is 112 Å². The minimum Gasteiger partial charge on any atom is -0.295 e. The zero-order chi connectivity index (χ0) is 13.2. The van der Waals surface area contributed by atoms with Crippen LogP contribution in [0.3, 0.4) is 0 Å². The summed E-state index contributed by atoms with van der Waals surface area (Å²) in [4.78, 5) is 2.39. The number of likely N-dealkylation sites (tertiary alicyclic amines) is 1. The van der Waals surface area contributed by atoms with Gasteiger partial charge < -0.3 is 0 Å². The summed E-state index contributed by atoms with van der Waals surface area (Å²) in [5, 5.41) is 13.1. The van der Waals surface area contributed by atoms with Crippen LogP contribution in [0.5, 0.6) is 0 Å². The molecule has 1 aliphatic heterocycles. The minimum atomic E-state index is 0.507. The first kappa shape index (κ1) is 11.9. The molecule has 19 heavy (non-hydrogen) atoms. The fraction of sp³-hybridized carbons (Fsp3) is 0.333. The van der Waals surface area contributed by atoms with Gasteiger partial charge >= 0.3 is 0 Å². The fourth-order valence-corrected chi connectivity index (χ4v) is 2.41. The van der Waals surface area contributed by atoms with Gasteiger partial charge in [0.1, 0.15) is 0 Å². The van der Waals surface area contributed by atoms with Crippen molar-refractivity contribution in [3.05, 3.63) is 53.3 Å². The summed E-state index contributed by atoms with van der Waals surface area (Å²) in [5.74, 6) is 0. The summed E-state index contributed by atoms with van der Waals surface area (Å²) < 4.78 is 2.06. The Morgan fingerprint density at radius 1 is 1.32 bits per heavy atom. The second-order valence-corrected chi connectivity index (χ2v) is 5.15. The van der Waals surface area contributed by atoms with E-state index in [1.54, 1.807) is 0 Å². The highest BCUT2D eigenvalue weighted by molar-refractivity contribution is 5.31.